The number of hydrogen-bond acceptors (Lipinski definition) is 7. The average Bonchev–Trinajstić information content (AvgIpc) is 3.41. The van der Waals surface area contributed by atoms with Gasteiger partial charge in [0.2, 0.25) is 5.88 Å². The maximum absolute atomic E-state index is 9.05. The largest absolute Gasteiger partial charge is 0.481 e. The van der Waals surface area contributed by atoms with Gasteiger partial charge in [-0.05, 0) is 17.7 Å². The number of nitrogens with one attached hydrogen (secondary N) is 2. The van der Waals surface area contributed by atoms with Crippen LogP contribution in [-0.4, -0.2) is 58.0 Å². The molecule has 41 heavy (non-hydrogen) atoms. The Morgan fingerprint density at radius 2 is 1.37 bits per heavy atom. The first-order valence-corrected chi connectivity index (χ1v) is 14.0. The van der Waals surface area contributed by atoms with Crippen molar-refractivity contribution in [3.63, 3.8) is 0 Å². The minimum absolute atomic E-state index is 0.0574. The van der Waals surface area contributed by atoms with E-state index in [2.05, 4.69) is 10.6 Å². The number of hydrogen-bond donors (Lipinski definition) is 4. The molecule has 0 radical (unpaired) electrons. The number of imidazole rings is 1. The lowest BCUT2D eigenvalue weighted by Crippen LogP contribution is -2.18. The molecule has 0 unspecified atom stereocenters. The lowest BCUT2D eigenvalue weighted by Gasteiger charge is -2.14. The predicted molar refractivity (Wildman–Crippen MR) is 163 cm³/mol. The molecule has 5 aromatic rings. The predicted octanol–water partition coefficient (Wildman–Crippen LogP) is 5.21. The standard InChI is InChI=1S/C31H31Cl2N5O3/c1-41-31-21(17-35-13-15-40)9-10-26(37-31)24-6-2-4-22(29(24)32)23-5-3-7-25(30(23)33)27-19-38-18-20(16-34-12-14-39)8-11-28(38)36-27/h2-11,18-19,34-35,39-40H,12-17H2,1H3. The molecule has 212 valence electrons. The third kappa shape index (κ3) is 6.38. The van der Waals surface area contributed by atoms with Gasteiger partial charge in [0.15, 0.2) is 0 Å². The first kappa shape index (κ1) is 29.0. The Hall–Kier alpha value is -3.50. The van der Waals surface area contributed by atoms with Gasteiger partial charge in [-0.3, -0.25) is 0 Å². The zero-order chi connectivity index (χ0) is 28.8. The summed E-state index contributed by atoms with van der Waals surface area (Å²) in [6, 6.07) is 19.5. The average molecular weight is 593 g/mol. The second-order valence-electron chi connectivity index (χ2n) is 9.43. The second kappa shape index (κ2) is 13.4. The van der Waals surface area contributed by atoms with Crippen LogP contribution < -0.4 is 15.4 Å². The van der Waals surface area contributed by atoms with Crippen LogP contribution in [-0.2, 0) is 13.1 Å². The molecule has 3 aromatic heterocycles. The highest BCUT2D eigenvalue weighted by Crippen LogP contribution is 2.42. The first-order valence-electron chi connectivity index (χ1n) is 13.3. The number of fused-ring (bicyclic) bond motifs is 1. The van der Waals surface area contributed by atoms with Gasteiger partial charge in [-0.1, -0.05) is 71.7 Å². The molecule has 2 aromatic carbocycles. The molecule has 0 spiro atoms. The molecule has 4 N–H and O–H groups in total. The number of aromatic nitrogens is 3. The Bertz CT molecular complexity index is 1660. The fourth-order valence-electron chi connectivity index (χ4n) is 4.69. The summed E-state index contributed by atoms with van der Waals surface area (Å²) in [5, 5.41) is 25.5. The van der Waals surface area contributed by atoms with Gasteiger partial charge in [-0.25, -0.2) is 9.97 Å². The van der Waals surface area contributed by atoms with E-state index in [9.17, 15) is 0 Å². The Morgan fingerprint density at radius 1 is 0.732 bits per heavy atom. The van der Waals surface area contributed by atoms with E-state index < -0.39 is 0 Å². The van der Waals surface area contributed by atoms with Crippen molar-refractivity contribution in [2.45, 2.75) is 13.1 Å². The van der Waals surface area contributed by atoms with Crippen LogP contribution in [0, 0.1) is 0 Å². The molecular formula is C31H31Cl2N5O3. The maximum atomic E-state index is 9.05. The van der Waals surface area contributed by atoms with Crippen LogP contribution in [0.25, 0.3) is 39.3 Å². The van der Waals surface area contributed by atoms with E-state index in [1.54, 1.807) is 7.11 Å². The quantitative estimate of drug-likeness (QED) is 0.148. The summed E-state index contributed by atoms with van der Waals surface area (Å²) in [6.45, 7) is 2.36. The molecule has 0 amide bonds. The zero-order valence-electron chi connectivity index (χ0n) is 22.6. The van der Waals surface area contributed by atoms with Crippen molar-refractivity contribution in [1.29, 1.82) is 0 Å². The number of pyridine rings is 2. The smallest absolute Gasteiger partial charge is 0.218 e. The number of ether oxygens (including phenoxy) is 1. The van der Waals surface area contributed by atoms with Gasteiger partial charge in [0.1, 0.15) is 5.65 Å². The van der Waals surface area contributed by atoms with Gasteiger partial charge in [0, 0.05) is 66.4 Å². The topological polar surface area (TPSA) is 104 Å². The number of nitrogens with zero attached hydrogens (tertiary/aromatic N) is 3. The van der Waals surface area contributed by atoms with Crippen molar-refractivity contribution in [2.24, 2.45) is 0 Å². The molecule has 0 aliphatic heterocycles. The molecule has 5 rings (SSSR count). The third-order valence-electron chi connectivity index (χ3n) is 6.71. The minimum Gasteiger partial charge on any atom is -0.481 e. The third-order valence-corrected chi connectivity index (χ3v) is 7.52. The molecule has 0 aliphatic carbocycles. The number of rotatable bonds is 12. The number of aliphatic hydroxyl groups is 2. The SMILES string of the molecule is COc1nc(-c2cccc(-c3cccc(-c4cn5cc(CNCCO)ccc5n4)c3Cl)c2Cl)ccc1CNCCO. The van der Waals surface area contributed by atoms with E-state index in [1.165, 1.54) is 0 Å². The highest BCUT2D eigenvalue weighted by molar-refractivity contribution is 6.39. The molecule has 10 heteroatoms. The Morgan fingerprint density at radius 3 is 2.02 bits per heavy atom. The van der Waals surface area contributed by atoms with E-state index in [0.717, 1.165) is 44.7 Å². The van der Waals surface area contributed by atoms with E-state index in [4.69, 9.17) is 48.1 Å². The van der Waals surface area contributed by atoms with E-state index in [1.807, 2.05) is 77.5 Å². The number of benzene rings is 2. The molecule has 0 aliphatic rings. The van der Waals surface area contributed by atoms with E-state index >= 15 is 0 Å². The summed E-state index contributed by atoms with van der Waals surface area (Å²) in [4.78, 5) is 9.51. The van der Waals surface area contributed by atoms with Crippen molar-refractivity contribution in [2.75, 3.05) is 33.4 Å². The molecule has 0 fully saturated rings. The minimum atomic E-state index is 0.0574. The zero-order valence-corrected chi connectivity index (χ0v) is 24.1. The van der Waals surface area contributed by atoms with Crippen molar-refractivity contribution < 1.29 is 14.9 Å². The van der Waals surface area contributed by atoms with Gasteiger partial charge in [0.05, 0.1) is 41.8 Å². The Balaban J connectivity index is 1.48. The van der Waals surface area contributed by atoms with Crippen LogP contribution in [0.15, 0.2) is 73.1 Å². The summed E-state index contributed by atoms with van der Waals surface area (Å²) in [7, 11) is 1.58. The summed E-state index contributed by atoms with van der Waals surface area (Å²) < 4.78 is 7.51. The highest BCUT2D eigenvalue weighted by atomic mass is 35.5. The van der Waals surface area contributed by atoms with Crippen molar-refractivity contribution in [3.8, 4) is 39.5 Å². The van der Waals surface area contributed by atoms with Gasteiger partial charge < -0.3 is 30.0 Å². The highest BCUT2D eigenvalue weighted by Gasteiger charge is 2.18. The molecule has 0 saturated carbocycles. The molecule has 3 heterocycles. The van der Waals surface area contributed by atoms with Crippen LogP contribution >= 0.6 is 23.2 Å². The number of methoxy groups -OCH3 is 1. The normalized spacial score (nSPS) is 11.3. The van der Waals surface area contributed by atoms with Crippen LogP contribution in [0.5, 0.6) is 5.88 Å². The van der Waals surface area contributed by atoms with E-state index in [-0.39, 0.29) is 13.2 Å². The van der Waals surface area contributed by atoms with Crippen LogP contribution in [0.3, 0.4) is 0 Å². The lowest BCUT2D eigenvalue weighted by molar-refractivity contribution is 0.291. The molecule has 0 atom stereocenters. The molecule has 8 nitrogen and oxygen atoms in total. The van der Waals surface area contributed by atoms with Crippen molar-refractivity contribution >= 4 is 28.8 Å². The second-order valence-corrected chi connectivity index (χ2v) is 10.2. The summed E-state index contributed by atoms with van der Waals surface area (Å²) >= 11 is 14.0. The van der Waals surface area contributed by atoms with Gasteiger partial charge in [-0.15, -0.1) is 0 Å². The number of halogens is 2. The molecule has 0 saturated heterocycles. The summed E-state index contributed by atoms with van der Waals surface area (Å²) in [5.74, 6) is 0.494. The Labute approximate surface area is 248 Å². The van der Waals surface area contributed by atoms with Gasteiger partial charge >= 0.3 is 0 Å². The Kier molecular flexibility index (Phi) is 9.51. The monoisotopic (exact) mass is 591 g/mol. The van der Waals surface area contributed by atoms with Crippen LogP contribution in [0.1, 0.15) is 11.1 Å². The van der Waals surface area contributed by atoms with Crippen LogP contribution in [0.2, 0.25) is 10.0 Å². The van der Waals surface area contributed by atoms with Crippen molar-refractivity contribution in [3.05, 3.63) is 94.2 Å². The molecular weight excluding hydrogens is 561 g/mol. The van der Waals surface area contributed by atoms with Gasteiger partial charge in [0.25, 0.3) is 0 Å². The van der Waals surface area contributed by atoms with Crippen molar-refractivity contribution in [1.82, 2.24) is 25.0 Å². The first-order chi connectivity index (χ1) is 20.0. The van der Waals surface area contributed by atoms with E-state index in [0.29, 0.717) is 47.8 Å². The molecule has 0 bridgehead atoms. The summed E-state index contributed by atoms with van der Waals surface area (Å²) in [5.41, 5.74) is 7.33. The van der Waals surface area contributed by atoms with Gasteiger partial charge in [-0.2, -0.15) is 0 Å². The summed E-state index contributed by atoms with van der Waals surface area (Å²) in [6.07, 6.45) is 3.98. The van der Waals surface area contributed by atoms with Crippen LogP contribution in [0.4, 0.5) is 0 Å². The lowest BCUT2D eigenvalue weighted by atomic mass is 9.98. The fraction of sp³-hybridized carbons (Fsp3) is 0.226. The maximum Gasteiger partial charge on any atom is 0.218 e. The number of aliphatic hydroxyl groups excluding tert-OH is 2. The fourth-order valence-corrected chi connectivity index (χ4v) is 5.34.